The molecule has 2 rings (SSSR count). The van der Waals surface area contributed by atoms with Gasteiger partial charge in [-0.3, -0.25) is 4.99 Å². The van der Waals surface area contributed by atoms with Crippen LogP contribution >= 0.6 is 0 Å². The van der Waals surface area contributed by atoms with E-state index >= 15 is 0 Å². The van der Waals surface area contributed by atoms with Gasteiger partial charge in [-0.05, 0) is 37.1 Å². The molecule has 2 aromatic rings. The fourth-order valence-electron chi connectivity index (χ4n) is 1.87. The first-order chi connectivity index (χ1) is 9.20. The summed E-state index contributed by atoms with van der Waals surface area (Å²) in [5, 5.41) is 0. The lowest BCUT2D eigenvalue weighted by Gasteiger charge is -2.07. The van der Waals surface area contributed by atoms with Crippen molar-refractivity contribution >= 4 is 6.21 Å². The topological polar surface area (TPSA) is 21.6 Å². The van der Waals surface area contributed by atoms with Gasteiger partial charge in [0.1, 0.15) is 5.75 Å². The largest absolute Gasteiger partial charge is 0.497 e. The summed E-state index contributed by atoms with van der Waals surface area (Å²) >= 11 is 0. The van der Waals surface area contributed by atoms with Gasteiger partial charge in [-0.25, -0.2) is 0 Å². The molecule has 0 fully saturated rings. The quantitative estimate of drug-likeness (QED) is 0.749. The van der Waals surface area contributed by atoms with Crippen LogP contribution in [-0.4, -0.2) is 19.4 Å². The number of ether oxygens (including phenoxy) is 1. The maximum atomic E-state index is 5.19. The normalized spacial score (nSPS) is 11.2. The van der Waals surface area contributed by atoms with Gasteiger partial charge in [0.05, 0.1) is 7.11 Å². The molecule has 0 aliphatic heterocycles. The Morgan fingerprint density at radius 3 is 2.32 bits per heavy atom. The molecule has 0 aromatic heterocycles. The smallest absolute Gasteiger partial charge is 0.118 e. The van der Waals surface area contributed by atoms with Crippen molar-refractivity contribution in [2.24, 2.45) is 4.99 Å². The van der Waals surface area contributed by atoms with Crippen LogP contribution in [0.1, 0.15) is 19.4 Å². The number of benzene rings is 2. The van der Waals surface area contributed by atoms with E-state index in [1.807, 2.05) is 30.5 Å². The van der Waals surface area contributed by atoms with E-state index in [-0.39, 0.29) is 0 Å². The third-order valence-electron chi connectivity index (χ3n) is 2.87. The zero-order chi connectivity index (χ0) is 13.7. The molecule has 19 heavy (non-hydrogen) atoms. The van der Waals surface area contributed by atoms with Crippen LogP contribution in [0.5, 0.6) is 5.75 Å². The molecule has 2 nitrogen and oxygen atoms in total. The lowest BCUT2D eigenvalue weighted by molar-refractivity contribution is 0.415. The van der Waals surface area contributed by atoms with E-state index in [0.29, 0.717) is 6.04 Å². The zero-order valence-corrected chi connectivity index (χ0v) is 11.6. The maximum absolute atomic E-state index is 5.19. The number of nitrogens with zero attached hydrogens (tertiary/aromatic N) is 1. The number of aliphatic imine (C=N–C) groups is 1. The average Bonchev–Trinajstić information content (AvgIpc) is 2.45. The second-order valence-corrected chi connectivity index (χ2v) is 4.69. The van der Waals surface area contributed by atoms with Crippen molar-refractivity contribution in [3.63, 3.8) is 0 Å². The van der Waals surface area contributed by atoms with Crippen molar-refractivity contribution in [2.75, 3.05) is 7.11 Å². The van der Waals surface area contributed by atoms with Crippen LogP contribution in [0.15, 0.2) is 53.5 Å². The van der Waals surface area contributed by atoms with Crippen LogP contribution in [0.2, 0.25) is 0 Å². The van der Waals surface area contributed by atoms with Gasteiger partial charge in [0.2, 0.25) is 0 Å². The SMILES string of the molecule is COc1ccc(-c2ccccc2C=NC(C)C)cc1. The van der Waals surface area contributed by atoms with E-state index in [9.17, 15) is 0 Å². The van der Waals surface area contributed by atoms with Crippen molar-refractivity contribution in [3.05, 3.63) is 54.1 Å². The predicted molar refractivity (Wildman–Crippen MR) is 81.2 cm³/mol. The Balaban J connectivity index is 2.38. The number of hydrogen-bond donors (Lipinski definition) is 0. The Labute approximate surface area is 114 Å². The minimum atomic E-state index is 0.309. The van der Waals surface area contributed by atoms with Crippen LogP contribution in [-0.2, 0) is 0 Å². The van der Waals surface area contributed by atoms with E-state index < -0.39 is 0 Å². The van der Waals surface area contributed by atoms with Gasteiger partial charge in [0.25, 0.3) is 0 Å². The van der Waals surface area contributed by atoms with Crippen molar-refractivity contribution in [3.8, 4) is 16.9 Å². The second-order valence-electron chi connectivity index (χ2n) is 4.69. The predicted octanol–water partition coefficient (Wildman–Crippen LogP) is 4.19. The highest BCUT2D eigenvalue weighted by Gasteiger charge is 2.03. The first-order valence-corrected chi connectivity index (χ1v) is 6.47. The summed E-state index contributed by atoms with van der Waals surface area (Å²) in [6.45, 7) is 4.15. The van der Waals surface area contributed by atoms with Gasteiger partial charge < -0.3 is 4.74 Å². The van der Waals surface area contributed by atoms with Gasteiger partial charge in [-0.1, -0.05) is 36.4 Å². The molecule has 2 heteroatoms. The molecule has 0 saturated heterocycles. The van der Waals surface area contributed by atoms with Crippen molar-refractivity contribution in [2.45, 2.75) is 19.9 Å². The molecule has 0 heterocycles. The van der Waals surface area contributed by atoms with E-state index in [1.165, 1.54) is 11.1 Å². The number of rotatable bonds is 4. The fourth-order valence-corrected chi connectivity index (χ4v) is 1.87. The second kappa shape index (κ2) is 6.19. The average molecular weight is 253 g/mol. The Bertz CT molecular complexity index is 556. The monoisotopic (exact) mass is 253 g/mol. The summed E-state index contributed by atoms with van der Waals surface area (Å²) in [4.78, 5) is 4.47. The van der Waals surface area contributed by atoms with E-state index in [1.54, 1.807) is 7.11 Å². The Hall–Kier alpha value is -2.09. The molecule has 0 aliphatic carbocycles. The van der Waals surface area contributed by atoms with Crippen LogP contribution in [0.4, 0.5) is 0 Å². The summed E-state index contributed by atoms with van der Waals surface area (Å²) in [6.07, 6.45) is 1.95. The van der Waals surface area contributed by atoms with Crippen LogP contribution in [0.25, 0.3) is 11.1 Å². The summed E-state index contributed by atoms with van der Waals surface area (Å²) in [5.74, 6) is 0.872. The van der Waals surface area contributed by atoms with Crippen molar-refractivity contribution in [1.29, 1.82) is 0 Å². The molecule has 0 bridgehead atoms. The summed E-state index contributed by atoms with van der Waals surface area (Å²) in [5.41, 5.74) is 3.50. The molecule has 0 saturated carbocycles. The minimum absolute atomic E-state index is 0.309. The van der Waals surface area contributed by atoms with Gasteiger partial charge in [-0.2, -0.15) is 0 Å². The van der Waals surface area contributed by atoms with E-state index in [2.05, 4.69) is 43.1 Å². The molecular weight excluding hydrogens is 234 g/mol. The highest BCUT2D eigenvalue weighted by molar-refractivity contribution is 5.90. The Morgan fingerprint density at radius 1 is 1.00 bits per heavy atom. The van der Waals surface area contributed by atoms with Gasteiger partial charge in [0.15, 0.2) is 0 Å². The summed E-state index contributed by atoms with van der Waals surface area (Å²) < 4.78 is 5.19. The van der Waals surface area contributed by atoms with Crippen molar-refractivity contribution < 1.29 is 4.74 Å². The highest BCUT2D eigenvalue weighted by Crippen LogP contribution is 2.24. The van der Waals surface area contributed by atoms with E-state index in [0.717, 1.165) is 11.3 Å². The van der Waals surface area contributed by atoms with Crippen LogP contribution < -0.4 is 4.74 Å². The molecule has 98 valence electrons. The molecule has 0 N–H and O–H groups in total. The minimum Gasteiger partial charge on any atom is -0.497 e. The van der Waals surface area contributed by atoms with E-state index in [4.69, 9.17) is 4.74 Å². The number of hydrogen-bond acceptors (Lipinski definition) is 2. The molecular formula is C17H19NO. The van der Waals surface area contributed by atoms with Crippen LogP contribution in [0.3, 0.4) is 0 Å². The zero-order valence-electron chi connectivity index (χ0n) is 11.6. The van der Waals surface area contributed by atoms with Gasteiger partial charge >= 0.3 is 0 Å². The first-order valence-electron chi connectivity index (χ1n) is 6.47. The van der Waals surface area contributed by atoms with Crippen LogP contribution in [0, 0.1) is 0 Å². The van der Waals surface area contributed by atoms with Crippen molar-refractivity contribution in [1.82, 2.24) is 0 Å². The highest BCUT2D eigenvalue weighted by atomic mass is 16.5. The Kier molecular flexibility index (Phi) is 4.35. The lowest BCUT2D eigenvalue weighted by Crippen LogP contribution is -1.93. The fraction of sp³-hybridized carbons (Fsp3) is 0.235. The lowest BCUT2D eigenvalue weighted by atomic mass is 10.0. The standard InChI is InChI=1S/C17H19NO/c1-13(2)18-12-15-6-4-5-7-17(15)14-8-10-16(19-3)11-9-14/h4-13H,1-3H3. The molecule has 0 spiro atoms. The first kappa shape index (κ1) is 13.3. The molecule has 0 unspecified atom stereocenters. The summed E-state index contributed by atoms with van der Waals surface area (Å²) in [6, 6.07) is 16.7. The molecule has 2 aromatic carbocycles. The molecule has 0 amide bonds. The summed E-state index contributed by atoms with van der Waals surface area (Å²) in [7, 11) is 1.68. The third-order valence-corrected chi connectivity index (χ3v) is 2.87. The molecule has 0 atom stereocenters. The maximum Gasteiger partial charge on any atom is 0.118 e. The molecule has 0 aliphatic rings. The van der Waals surface area contributed by atoms with Gasteiger partial charge in [0, 0.05) is 17.8 Å². The third kappa shape index (κ3) is 3.44. The van der Waals surface area contributed by atoms with Gasteiger partial charge in [-0.15, -0.1) is 0 Å². The number of methoxy groups -OCH3 is 1. The molecule has 0 radical (unpaired) electrons. The Morgan fingerprint density at radius 2 is 1.68 bits per heavy atom.